The van der Waals surface area contributed by atoms with E-state index in [4.69, 9.17) is 11.6 Å². The third-order valence-electron chi connectivity index (χ3n) is 3.20. The van der Waals surface area contributed by atoms with Gasteiger partial charge in [-0.1, -0.05) is 17.7 Å². The second-order valence-electron chi connectivity index (χ2n) is 4.74. The molecule has 126 valence electrons. The molecule has 1 amide bonds. The summed E-state index contributed by atoms with van der Waals surface area (Å²) < 4.78 is 4.65. The molecule has 0 radical (unpaired) electrons. The van der Waals surface area contributed by atoms with Crippen molar-refractivity contribution < 1.29 is 19.2 Å². The second-order valence-corrected chi connectivity index (χ2v) is 6.13. The zero-order valence-corrected chi connectivity index (χ0v) is 14.1. The number of carbonyl (C=O) groups is 2. The van der Waals surface area contributed by atoms with E-state index in [1.165, 1.54) is 30.6 Å². The Morgan fingerprint density at radius 2 is 2.17 bits per heavy atom. The van der Waals surface area contributed by atoms with E-state index in [9.17, 15) is 19.7 Å². The zero-order chi connectivity index (χ0) is 17.7. The van der Waals surface area contributed by atoms with E-state index in [0.717, 1.165) is 10.9 Å². The van der Waals surface area contributed by atoms with Crippen LogP contribution < -0.4 is 5.32 Å². The van der Waals surface area contributed by atoms with Crippen LogP contribution in [0.2, 0.25) is 5.02 Å². The van der Waals surface area contributed by atoms with Gasteiger partial charge < -0.3 is 10.1 Å². The first-order valence-electron chi connectivity index (χ1n) is 6.77. The molecule has 0 aliphatic heterocycles. The molecule has 0 aliphatic rings. The van der Waals surface area contributed by atoms with Crippen LogP contribution in [0.4, 0.5) is 5.69 Å². The van der Waals surface area contributed by atoms with Crippen molar-refractivity contribution in [2.45, 2.75) is 12.5 Å². The molecule has 1 atom stereocenters. The molecular formula is C15H13ClN2O5S. The average Bonchev–Trinajstić information content (AvgIpc) is 3.08. The van der Waals surface area contributed by atoms with Gasteiger partial charge in [-0.2, -0.15) is 0 Å². The smallest absolute Gasteiger partial charge is 0.307 e. The summed E-state index contributed by atoms with van der Waals surface area (Å²) in [5.74, 6) is -0.999. The van der Waals surface area contributed by atoms with Crippen molar-refractivity contribution in [3.05, 3.63) is 61.3 Å². The molecule has 0 unspecified atom stereocenters. The molecule has 1 aromatic heterocycles. The summed E-state index contributed by atoms with van der Waals surface area (Å²) in [6.45, 7) is 0. The Balaban J connectivity index is 2.21. The van der Waals surface area contributed by atoms with E-state index in [-0.39, 0.29) is 22.7 Å². The number of hydrogen-bond donors (Lipinski definition) is 1. The van der Waals surface area contributed by atoms with Crippen molar-refractivity contribution in [3.8, 4) is 0 Å². The Labute approximate surface area is 146 Å². The van der Waals surface area contributed by atoms with Crippen LogP contribution in [-0.4, -0.2) is 23.9 Å². The first kappa shape index (κ1) is 17.9. The van der Waals surface area contributed by atoms with Gasteiger partial charge in [0, 0.05) is 17.0 Å². The van der Waals surface area contributed by atoms with Crippen molar-refractivity contribution in [2.75, 3.05) is 7.11 Å². The molecule has 0 bridgehead atoms. The van der Waals surface area contributed by atoms with Crippen molar-refractivity contribution in [2.24, 2.45) is 0 Å². The van der Waals surface area contributed by atoms with Crippen LogP contribution in [0.3, 0.4) is 0 Å². The van der Waals surface area contributed by atoms with Gasteiger partial charge >= 0.3 is 5.97 Å². The number of nitro groups is 1. The number of methoxy groups -OCH3 is 1. The number of benzene rings is 1. The maximum atomic E-state index is 12.4. The number of nitrogens with zero attached hydrogens (tertiary/aromatic N) is 1. The van der Waals surface area contributed by atoms with Crippen LogP contribution in [0.1, 0.15) is 27.7 Å². The van der Waals surface area contributed by atoms with E-state index in [1.54, 1.807) is 12.1 Å². The topological polar surface area (TPSA) is 98.5 Å². The third kappa shape index (κ3) is 4.30. The minimum absolute atomic E-state index is 0.0344. The molecule has 0 spiro atoms. The van der Waals surface area contributed by atoms with Gasteiger partial charge in [-0.15, -0.1) is 11.3 Å². The van der Waals surface area contributed by atoms with Crippen LogP contribution >= 0.6 is 22.9 Å². The average molecular weight is 369 g/mol. The van der Waals surface area contributed by atoms with Gasteiger partial charge in [-0.3, -0.25) is 19.7 Å². The van der Waals surface area contributed by atoms with Gasteiger partial charge in [0.1, 0.15) is 0 Å². The highest BCUT2D eigenvalue weighted by Crippen LogP contribution is 2.26. The fourth-order valence-corrected chi connectivity index (χ4v) is 3.04. The zero-order valence-electron chi connectivity index (χ0n) is 12.5. The minimum Gasteiger partial charge on any atom is -0.469 e. The molecule has 9 heteroatoms. The van der Waals surface area contributed by atoms with Crippen molar-refractivity contribution in [1.82, 2.24) is 5.32 Å². The molecule has 1 N–H and O–H groups in total. The van der Waals surface area contributed by atoms with E-state index >= 15 is 0 Å². The van der Waals surface area contributed by atoms with E-state index in [2.05, 4.69) is 10.1 Å². The third-order valence-corrected chi connectivity index (χ3v) is 4.50. The highest BCUT2D eigenvalue weighted by Gasteiger charge is 2.22. The maximum absolute atomic E-state index is 12.4. The fraction of sp³-hybridized carbons (Fsp3) is 0.200. The Morgan fingerprint density at radius 3 is 2.71 bits per heavy atom. The molecule has 2 rings (SSSR count). The highest BCUT2D eigenvalue weighted by molar-refractivity contribution is 7.10. The number of rotatable bonds is 6. The number of thiophene rings is 1. The normalized spacial score (nSPS) is 11.6. The molecular weight excluding hydrogens is 356 g/mol. The number of ether oxygens (including phenoxy) is 1. The number of non-ortho nitro benzene ring substituents is 1. The van der Waals surface area contributed by atoms with Gasteiger partial charge in [-0.25, -0.2) is 0 Å². The van der Waals surface area contributed by atoms with Gasteiger partial charge in [-0.05, 0) is 17.5 Å². The van der Waals surface area contributed by atoms with E-state index in [0.29, 0.717) is 0 Å². The Bertz CT molecular complexity index is 763. The van der Waals surface area contributed by atoms with Gasteiger partial charge in [0.15, 0.2) is 0 Å². The van der Waals surface area contributed by atoms with Crippen molar-refractivity contribution >= 4 is 40.5 Å². The number of nitrogens with one attached hydrogen (secondary N) is 1. The lowest BCUT2D eigenvalue weighted by molar-refractivity contribution is -0.384. The maximum Gasteiger partial charge on any atom is 0.307 e. The first-order chi connectivity index (χ1) is 11.4. The highest BCUT2D eigenvalue weighted by atomic mass is 35.5. The summed E-state index contributed by atoms with van der Waals surface area (Å²) in [5, 5.41) is 15.2. The largest absolute Gasteiger partial charge is 0.469 e. The minimum atomic E-state index is -0.598. The van der Waals surface area contributed by atoms with Crippen molar-refractivity contribution in [3.63, 3.8) is 0 Å². The predicted octanol–water partition coefficient (Wildman–Crippen LogP) is 3.34. The van der Waals surface area contributed by atoms with Crippen LogP contribution in [-0.2, 0) is 9.53 Å². The number of amides is 1. The Hall–Kier alpha value is -2.45. The van der Waals surface area contributed by atoms with Crippen LogP contribution in [0.5, 0.6) is 0 Å². The molecule has 0 saturated heterocycles. The van der Waals surface area contributed by atoms with Crippen LogP contribution in [0, 0.1) is 10.1 Å². The number of hydrogen-bond acceptors (Lipinski definition) is 6. The first-order valence-corrected chi connectivity index (χ1v) is 8.03. The number of halogens is 1. The SMILES string of the molecule is COC(=O)C[C@@H](NC(=O)c1ccc([N+](=O)[O-])cc1Cl)c1cccs1. The Kier molecular flexibility index (Phi) is 5.88. The molecule has 1 heterocycles. The molecule has 0 saturated carbocycles. The van der Waals surface area contributed by atoms with Crippen LogP contribution in [0.15, 0.2) is 35.7 Å². The number of esters is 1. The lowest BCUT2D eigenvalue weighted by atomic mass is 10.1. The lowest BCUT2D eigenvalue weighted by Crippen LogP contribution is -2.30. The van der Waals surface area contributed by atoms with Crippen molar-refractivity contribution in [1.29, 1.82) is 0 Å². The summed E-state index contributed by atoms with van der Waals surface area (Å²) in [4.78, 5) is 34.9. The summed E-state index contributed by atoms with van der Waals surface area (Å²) in [7, 11) is 1.27. The summed E-state index contributed by atoms with van der Waals surface area (Å²) >= 11 is 7.34. The number of nitro benzene ring substituents is 1. The molecule has 1 aromatic carbocycles. The standard InChI is InChI=1S/C15H13ClN2O5S/c1-23-14(19)8-12(13-3-2-6-24-13)17-15(20)10-5-4-9(18(21)22)7-11(10)16/h2-7,12H,8H2,1H3,(H,17,20)/t12-/m1/s1. The molecule has 24 heavy (non-hydrogen) atoms. The predicted molar refractivity (Wildman–Crippen MR) is 89.3 cm³/mol. The summed E-state index contributed by atoms with van der Waals surface area (Å²) in [6, 6.07) is 6.60. The second kappa shape index (κ2) is 7.89. The quantitative estimate of drug-likeness (QED) is 0.479. The monoisotopic (exact) mass is 368 g/mol. The molecule has 0 aliphatic carbocycles. The van der Waals surface area contributed by atoms with E-state index in [1.807, 2.05) is 5.38 Å². The lowest BCUT2D eigenvalue weighted by Gasteiger charge is -2.17. The fourth-order valence-electron chi connectivity index (χ4n) is 2.00. The van der Waals surface area contributed by atoms with Gasteiger partial charge in [0.05, 0.1) is 35.1 Å². The van der Waals surface area contributed by atoms with Gasteiger partial charge in [0.25, 0.3) is 11.6 Å². The van der Waals surface area contributed by atoms with E-state index < -0.39 is 22.8 Å². The number of carbonyl (C=O) groups excluding carboxylic acids is 2. The molecule has 7 nitrogen and oxygen atoms in total. The molecule has 2 aromatic rings. The summed E-state index contributed by atoms with van der Waals surface area (Å²) in [6.07, 6.45) is -0.0344. The van der Waals surface area contributed by atoms with Gasteiger partial charge in [0.2, 0.25) is 0 Å². The molecule has 0 fully saturated rings. The summed E-state index contributed by atoms with van der Waals surface area (Å²) in [5.41, 5.74) is -0.116. The van der Waals surface area contributed by atoms with Crippen LogP contribution in [0.25, 0.3) is 0 Å². The Morgan fingerprint density at radius 1 is 1.42 bits per heavy atom.